The summed E-state index contributed by atoms with van der Waals surface area (Å²) in [6.45, 7) is 4.69. The summed E-state index contributed by atoms with van der Waals surface area (Å²) in [4.78, 5) is 2.47. The highest BCUT2D eigenvalue weighted by molar-refractivity contribution is 7.26. The Hall–Kier alpha value is -7.20. The number of hydrogen-bond donors (Lipinski definition) is 0. The van der Waals surface area contributed by atoms with Gasteiger partial charge in [-0.05, 0) is 99.1 Å². The van der Waals surface area contributed by atoms with E-state index in [0.29, 0.717) is 0 Å². The van der Waals surface area contributed by atoms with E-state index in [0.717, 1.165) is 11.4 Å². The highest BCUT2D eigenvalue weighted by Gasteiger charge is 2.35. The van der Waals surface area contributed by atoms with Crippen molar-refractivity contribution in [1.29, 1.82) is 0 Å². The van der Waals surface area contributed by atoms with Crippen molar-refractivity contribution in [3.8, 4) is 33.4 Å². The average Bonchev–Trinajstić information content (AvgIpc) is 4.02. The van der Waals surface area contributed by atoms with Gasteiger partial charge in [0.25, 0.3) is 0 Å². The normalized spacial score (nSPS) is 13.3. The molecule has 282 valence electrons. The average molecular weight is 783 g/mol. The first-order valence-corrected chi connectivity index (χ1v) is 21.7. The number of anilines is 3. The number of nitrogens with zero attached hydrogens (tertiary/aromatic N) is 2. The summed E-state index contributed by atoms with van der Waals surface area (Å²) in [6.07, 6.45) is 0. The van der Waals surface area contributed by atoms with E-state index in [2.05, 4.69) is 217 Å². The van der Waals surface area contributed by atoms with Crippen LogP contribution in [-0.2, 0) is 5.41 Å². The molecule has 12 aromatic rings. The quantitative estimate of drug-likeness (QED) is 0.169. The van der Waals surface area contributed by atoms with E-state index in [1.807, 2.05) is 11.3 Å². The highest BCUT2D eigenvalue weighted by atomic mass is 32.1. The molecule has 1 aliphatic rings. The largest absolute Gasteiger partial charge is 0.310 e. The molecule has 0 N–H and O–H groups in total. The molecule has 2 nitrogen and oxygen atoms in total. The second kappa shape index (κ2) is 12.4. The summed E-state index contributed by atoms with van der Waals surface area (Å²) in [5.41, 5.74) is 17.6. The molecular formula is C57H38N2S. The highest BCUT2D eigenvalue weighted by Crippen LogP contribution is 2.51. The number of aromatic nitrogens is 1. The molecule has 0 aliphatic heterocycles. The van der Waals surface area contributed by atoms with Crippen molar-refractivity contribution >= 4 is 86.7 Å². The molecule has 3 heteroatoms. The van der Waals surface area contributed by atoms with E-state index in [4.69, 9.17) is 0 Å². The Balaban J connectivity index is 0.990. The summed E-state index contributed by atoms with van der Waals surface area (Å²) < 4.78 is 5.13. The van der Waals surface area contributed by atoms with Crippen LogP contribution in [0.5, 0.6) is 0 Å². The third-order valence-corrected chi connectivity index (χ3v) is 14.6. The van der Waals surface area contributed by atoms with Crippen LogP contribution in [0.25, 0.3) is 91.6 Å². The van der Waals surface area contributed by atoms with Crippen molar-refractivity contribution in [3.63, 3.8) is 0 Å². The Morgan fingerprint density at radius 1 is 0.433 bits per heavy atom. The van der Waals surface area contributed by atoms with Crippen LogP contribution in [0, 0.1) is 0 Å². The first kappa shape index (κ1) is 33.7. The lowest BCUT2D eigenvalue weighted by Crippen LogP contribution is -2.14. The number of thiophene rings is 1. The topological polar surface area (TPSA) is 7.65 Å². The van der Waals surface area contributed by atoms with Gasteiger partial charge in [-0.25, -0.2) is 0 Å². The molecule has 0 saturated carbocycles. The van der Waals surface area contributed by atoms with Crippen LogP contribution in [0.3, 0.4) is 0 Å². The Kier molecular flexibility index (Phi) is 6.98. The first-order valence-electron chi connectivity index (χ1n) is 20.8. The third kappa shape index (κ3) is 4.64. The lowest BCUT2D eigenvalue weighted by molar-refractivity contribution is 0.660. The third-order valence-electron chi connectivity index (χ3n) is 13.4. The van der Waals surface area contributed by atoms with Crippen LogP contribution >= 0.6 is 11.3 Å². The van der Waals surface area contributed by atoms with Gasteiger partial charge >= 0.3 is 0 Å². The van der Waals surface area contributed by atoms with E-state index in [-0.39, 0.29) is 5.41 Å². The zero-order chi connectivity index (χ0) is 39.7. The van der Waals surface area contributed by atoms with Gasteiger partial charge in [-0.2, -0.15) is 0 Å². The summed E-state index contributed by atoms with van der Waals surface area (Å²) in [5, 5.41) is 7.73. The molecule has 0 fully saturated rings. The minimum absolute atomic E-state index is 0.0123. The van der Waals surface area contributed by atoms with Crippen LogP contribution in [0.1, 0.15) is 25.0 Å². The van der Waals surface area contributed by atoms with Gasteiger partial charge in [0.05, 0.1) is 22.2 Å². The van der Waals surface area contributed by atoms with Crippen LogP contribution < -0.4 is 4.90 Å². The van der Waals surface area contributed by atoms with Crippen molar-refractivity contribution in [2.75, 3.05) is 4.90 Å². The van der Waals surface area contributed by atoms with E-state index in [1.165, 1.54) is 108 Å². The molecule has 0 amide bonds. The predicted octanol–water partition coefficient (Wildman–Crippen LogP) is 16.3. The van der Waals surface area contributed by atoms with E-state index in [9.17, 15) is 0 Å². The van der Waals surface area contributed by atoms with Crippen molar-refractivity contribution in [2.24, 2.45) is 0 Å². The summed E-state index contributed by atoms with van der Waals surface area (Å²) in [6, 6.07) is 72.3. The Bertz CT molecular complexity index is 3680. The molecule has 60 heavy (non-hydrogen) atoms. The fraction of sp³-hybridized carbons (Fsp3) is 0.0526. The molecule has 3 aromatic heterocycles. The van der Waals surface area contributed by atoms with Crippen LogP contribution in [0.2, 0.25) is 0 Å². The first-order chi connectivity index (χ1) is 29.5. The smallest absolute Gasteiger partial charge is 0.0641 e. The summed E-state index contributed by atoms with van der Waals surface area (Å²) in [7, 11) is 0. The number of benzene rings is 9. The standard InChI is InChI=1S/C57H38N2S/c1-57(2)48-18-7-3-12-41(48)47-34-37(26-32-49(47)57)35-22-27-38(28-23-35)58(39-29-24-36(25-30-39)40-16-11-17-45-43-14-6-10-21-53(43)60-56(40)45)52-33-31-44-42-13-4-8-19-50(42)59-51-20-9-5-15-46(51)54(52)55(44)59/h3-34H,1-2H3. The molecule has 0 bridgehead atoms. The second-order valence-electron chi connectivity index (χ2n) is 16.9. The van der Waals surface area contributed by atoms with E-state index < -0.39 is 0 Å². The molecular weight excluding hydrogens is 745 g/mol. The lowest BCUT2D eigenvalue weighted by atomic mass is 9.82. The zero-order valence-corrected chi connectivity index (χ0v) is 34.1. The molecule has 0 spiro atoms. The predicted molar refractivity (Wildman–Crippen MR) is 257 cm³/mol. The number of rotatable bonds is 5. The summed E-state index contributed by atoms with van der Waals surface area (Å²) >= 11 is 1.88. The fourth-order valence-electron chi connectivity index (χ4n) is 10.5. The molecule has 0 unspecified atom stereocenters. The van der Waals surface area contributed by atoms with Gasteiger partial charge in [0.2, 0.25) is 0 Å². The molecule has 3 heterocycles. The van der Waals surface area contributed by atoms with E-state index in [1.54, 1.807) is 0 Å². The van der Waals surface area contributed by atoms with Gasteiger partial charge in [0.15, 0.2) is 0 Å². The van der Waals surface area contributed by atoms with Gasteiger partial charge in [0, 0.05) is 58.5 Å². The van der Waals surface area contributed by atoms with Gasteiger partial charge in [-0.1, -0.05) is 153 Å². The van der Waals surface area contributed by atoms with E-state index >= 15 is 0 Å². The summed E-state index contributed by atoms with van der Waals surface area (Å²) in [5.74, 6) is 0. The Morgan fingerprint density at radius 3 is 1.83 bits per heavy atom. The molecule has 0 saturated heterocycles. The molecule has 0 atom stereocenters. The van der Waals surface area contributed by atoms with Gasteiger partial charge in [0.1, 0.15) is 0 Å². The zero-order valence-electron chi connectivity index (χ0n) is 33.3. The van der Waals surface area contributed by atoms with Crippen molar-refractivity contribution in [3.05, 3.63) is 205 Å². The molecule has 1 aliphatic carbocycles. The second-order valence-corrected chi connectivity index (χ2v) is 17.9. The van der Waals surface area contributed by atoms with Crippen LogP contribution in [0.4, 0.5) is 17.1 Å². The Morgan fingerprint density at radius 2 is 1.03 bits per heavy atom. The van der Waals surface area contributed by atoms with Crippen LogP contribution in [0.15, 0.2) is 194 Å². The maximum atomic E-state index is 2.47. The Labute approximate surface area is 352 Å². The van der Waals surface area contributed by atoms with Crippen molar-refractivity contribution in [2.45, 2.75) is 19.3 Å². The van der Waals surface area contributed by atoms with Gasteiger partial charge in [-0.15, -0.1) is 11.3 Å². The van der Waals surface area contributed by atoms with Gasteiger partial charge < -0.3 is 9.30 Å². The molecule has 0 radical (unpaired) electrons. The number of hydrogen-bond acceptors (Lipinski definition) is 2. The van der Waals surface area contributed by atoms with Crippen LogP contribution in [-0.4, -0.2) is 4.40 Å². The SMILES string of the molecule is CC1(C)c2ccccc2-c2cc(-c3ccc(N(c4ccc(-c5cccc6c5sc5ccccc56)cc4)c4ccc5c6ccccc6n6c7ccccc7c4c56)cc3)ccc21. The number of para-hydroxylation sites is 2. The van der Waals surface area contributed by atoms with Crippen molar-refractivity contribution in [1.82, 2.24) is 4.40 Å². The maximum absolute atomic E-state index is 2.47. The monoisotopic (exact) mass is 782 g/mol. The maximum Gasteiger partial charge on any atom is 0.0641 e. The van der Waals surface area contributed by atoms with Crippen molar-refractivity contribution < 1.29 is 0 Å². The minimum Gasteiger partial charge on any atom is -0.310 e. The fourth-order valence-corrected chi connectivity index (χ4v) is 11.8. The molecule has 13 rings (SSSR count). The number of fused-ring (bicyclic) bond motifs is 12. The lowest BCUT2D eigenvalue weighted by Gasteiger charge is -2.27. The minimum atomic E-state index is -0.0123. The molecule has 9 aromatic carbocycles. The van der Waals surface area contributed by atoms with Gasteiger partial charge in [-0.3, -0.25) is 0 Å².